The molecule has 0 aromatic heterocycles. The van der Waals surface area contributed by atoms with Gasteiger partial charge in [0.15, 0.2) is 0 Å². The third-order valence-electron chi connectivity index (χ3n) is 2.92. The predicted molar refractivity (Wildman–Crippen MR) is 72.9 cm³/mol. The van der Waals surface area contributed by atoms with Crippen molar-refractivity contribution in [1.29, 1.82) is 0 Å². The van der Waals surface area contributed by atoms with Crippen molar-refractivity contribution in [3.8, 4) is 0 Å². The van der Waals surface area contributed by atoms with E-state index in [4.69, 9.17) is 5.11 Å². The van der Waals surface area contributed by atoms with Gasteiger partial charge < -0.3 is 15.3 Å². The smallest absolute Gasteiger partial charge is 0.327 e. The minimum atomic E-state index is -0.961. The second kappa shape index (κ2) is 8.37. The number of carboxylic acids is 1. The number of hydrogen-bond donors (Lipinski definition) is 2. The lowest BCUT2D eigenvalue weighted by atomic mass is 10.3. The van der Waals surface area contributed by atoms with Crippen LogP contribution in [0, 0.1) is 0 Å². The van der Waals surface area contributed by atoms with Crippen molar-refractivity contribution >= 4 is 23.6 Å². The third kappa shape index (κ3) is 6.26. The molecule has 0 spiro atoms. The molecule has 1 fully saturated rings. The summed E-state index contributed by atoms with van der Waals surface area (Å²) in [5, 5.41) is 11.4. The van der Waals surface area contributed by atoms with E-state index in [2.05, 4.69) is 10.2 Å². The van der Waals surface area contributed by atoms with Gasteiger partial charge in [-0.15, -0.1) is 0 Å². The topological polar surface area (TPSA) is 69.6 Å². The maximum absolute atomic E-state index is 10.9. The van der Waals surface area contributed by atoms with Crippen LogP contribution in [0.15, 0.2) is 0 Å². The van der Waals surface area contributed by atoms with Crippen molar-refractivity contribution in [1.82, 2.24) is 10.2 Å². The molecule has 104 valence electrons. The summed E-state index contributed by atoms with van der Waals surface area (Å²) in [6.07, 6.45) is 3.69. The average molecular weight is 274 g/mol. The summed E-state index contributed by atoms with van der Waals surface area (Å²) < 4.78 is 0. The summed E-state index contributed by atoms with van der Waals surface area (Å²) in [7, 11) is 0. The van der Waals surface area contributed by atoms with E-state index < -0.39 is 12.0 Å². The van der Waals surface area contributed by atoms with E-state index in [1.807, 2.05) is 0 Å². The number of aliphatic carboxylic acids is 1. The van der Waals surface area contributed by atoms with Gasteiger partial charge in [-0.25, -0.2) is 4.79 Å². The monoisotopic (exact) mass is 274 g/mol. The van der Waals surface area contributed by atoms with E-state index in [0.717, 1.165) is 18.7 Å². The van der Waals surface area contributed by atoms with E-state index in [1.165, 1.54) is 32.9 Å². The van der Waals surface area contributed by atoms with E-state index in [0.29, 0.717) is 5.75 Å². The van der Waals surface area contributed by atoms with Crippen LogP contribution in [0.4, 0.5) is 0 Å². The van der Waals surface area contributed by atoms with Gasteiger partial charge in [0.25, 0.3) is 0 Å². The fourth-order valence-electron chi connectivity index (χ4n) is 2.02. The van der Waals surface area contributed by atoms with Crippen molar-refractivity contribution in [2.45, 2.75) is 32.2 Å². The number of nitrogens with zero attached hydrogens (tertiary/aromatic N) is 1. The Morgan fingerprint density at radius 2 is 2.06 bits per heavy atom. The largest absolute Gasteiger partial charge is 0.480 e. The highest BCUT2D eigenvalue weighted by Gasteiger charge is 2.18. The molecule has 0 saturated carbocycles. The Balaban J connectivity index is 2.06. The molecule has 1 saturated heterocycles. The van der Waals surface area contributed by atoms with Gasteiger partial charge in [-0.3, -0.25) is 4.79 Å². The van der Waals surface area contributed by atoms with Crippen LogP contribution in [0.25, 0.3) is 0 Å². The van der Waals surface area contributed by atoms with Gasteiger partial charge in [0.1, 0.15) is 6.04 Å². The molecule has 0 aliphatic carbocycles. The van der Waals surface area contributed by atoms with Gasteiger partial charge in [0, 0.05) is 12.7 Å². The summed E-state index contributed by atoms with van der Waals surface area (Å²) in [4.78, 5) is 24.2. The molecule has 2 N–H and O–H groups in total. The maximum Gasteiger partial charge on any atom is 0.327 e. The minimum Gasteiger partial charge on any atom is -0.480 e. The molecule has 0 unspecified atom stereocenters. The van der Waals surface area contributed by atoms with Crippen LogP contribution in [0.1, 0.15) is 26.2 Å². The van der Waals surface area contributed by atoms with Crippen LogP contribution in [0.5, 0.6) is 0 Å². The highest BCUT2D eigenvalue weighted by Crippen LogP contribution is 2.10. The van der Waals surface area contributed by atoms with Gasteiger partial charge in [-0.05, 0) is 44.6 Å². The Kier molecular flexibility index (Phi) is 7.12. The quantitative estimate of drug-likeness (QED) is 0.641. The third-order valence-corrected chi connectivity index (χ3v) is 4.07. The first-order valence-electron chi connectivity index (χ1n) is 6.39. The highest BCUT2D eigenvalue weighted by atomic mass is 32.2. The number of rotatable bonds is 8. The molecule has 1 rings (SSSR count). The Hall–Kier alpha value is -0.750. The van der Waals surface area contributed by atoms with E-state index >= 15 is 0 Å². The SMILES string of the molecule is CC(=O)N[C@@H](CSCCCN1CCCC1)C(=O)O. The summed E-state index contributed by atoms with van der Waals surface area (Å²) in [6.45, 7) is 4.85. The lowest BCUT2D eigenvalue weighted by molar-refractivity contribution is -0.140. The summed E-state index contributed by atoms with van der Waals surface area (Å²) in [5.41, 5.74) is 0. The first-order valence-corrected chi connectivity index (χ1v) is 7.55. The number of amides is 1. The standard InChI is InChI=1S/C12H22N2O3S/c1-10(15)13-11(12(16)17)9-18-8-4-7-14-5-2-3-6-14/h11H,2-9H2,1H3,(H,13,15)(H,16,17)/t11-/m0/s1. The number of thioether (sulfide) groups is 1. The number of carboxylic acid groups (broad SMARTS) is 1. The fraction of sp³-hybridized carbons (Fsp3) is 0.833. The molecule has 0 radical (unpaired) electrons. The Morgan fingerprint density at radius 1 is 1.39 bits per heavy atom. The molecule has 0 aromatic carbocycles. The first-order chi connectivity index (χ1) is 8.59. The van der Waals surface area contributed by atoms with Gasteiger partial charge in [-0.1, -0.05) is 0 Å². The number of carbonyl (C=O) groups is 2. The molecule has 0 aromatic rings. The van der Waals surface area contributed by atoms with Crippen LogP contribution in [0.2, 0.25) is 0 Å². The van der Waals surface area contributed by atoms with Crippen LogP contribution in [0.3, 0.4) is 0 Å². The molecule has 1 atom stereocenters. The first kappa shape index (κ1) is 15.3. The lowest BCUT2D eigenvalue weighted by Crippen LogP contribution is -2.41. The van der Waals surface area contributed by atoms with Gasteiger partial charge in [0.05, 0.1) is 0 Å². The molecule has 1 aliphatic heterocycles. The lowest BCUT2D eigenvalue weighted by Gasteiger charge is -2.15. The van der Waals surface area contributed by atoms with Crippen LogP contribution in [-0.4, -0.2) is 59.1 Å². The summed E-state index contributed by atoms with van der Waals surface area (Å²) in [6, 6.07) is -0.765. The van der Waals surface area contributed by atoms with Gasteiger partial charge >= 0.3 is 5.97 Å². The minimum absolute atomic E-state index is 0.292. The molecule has 1 aliphatic rings. The van der Waals surface area contributed by atoms with Crippen LogP contribution in [-0.2, 0) is 9.59 Å². The summed E-state index contributed by atoms with van der Waals surface area (Å²) >= 11 is 1.59. The van der Waals surface area contributed by atoms with Crippen molar-refractivity contribution in [3.63, 3.8) is 0 Å². The zero-order valence-electron chi connectivity index (χ0n) is 10.9. The molecular weight excluding hydrogens is 252 g/mol. The molecule has 0 bridgehead atoms. The van der Waals surface area contributed by atoms with Crippen molar-refractivity contribution in [3.05, 3.63) is 0 Å². The second-order valence-corrected chi connectivity index (χ2v) is 5.72. The average Bonchev–Trinajstić information content (AvgIpc) is 2.79. The van der Waals surface area contributed by atoms with Gasteiger partial charge in [0.2, 0.25) is 5.91 Å². The van der Waals surface area contributed by atoms with Crippen molar-refractivity contribution in [2.24, 2.45) is 0 Å². The van der Waals surface area contributed by atoms with Gasteiger partial charge in [-0.2, -0.15) is 11.8 Å². The van der Waals surface area contributed by atoms with E-state index in [1.54, 1.807) is 11.8 Å². The second-order valence-electron chi connectivity index (χ2n) is 4.57. The molecular formula is C12H22N2O3S. The Labute approximate surface area is 112 Å². The van der Waals surface area contributed by atoms with E-state index in [9.17, 15) is 9.59 Å². The van der Waals surface area contributed by atoms with E-state index in [-0.39, 0.29) is 5.91 Å². The number of nitrogens with one attached hydrogen (secondary N) is 1. The normalized spacial score (nSPS) is 17.6. The Morgan fingerprint density at radius 3 is 2.61 bits per heavy atom. The molecule has 1 amide bonds. The highest BCUT2D eigenvalue weighted by molar-refractivity contribution is 7.99. The van der Waals surface area contributed by atoms with Crippen LogP contribution >= 0.6 is 11.8 Å². The number of likely N-dealkylation sites (tertiary alicyclic amines) is 1. The maximum atomic E-state index is 10.9. The molecule has 18 heavy (non-hydrogen) atoms. The van der Waals surface area contributed by atoms with Crippen molar-refractivity contribution < 1.29 is 14.7 Å². The number of hydrogen-bond acceptors (Lipinski definition) is 4. The zero-order valence-corrected chi connectivity index (χ0v) is 11.7. The zero-order chi connectivity index (χ0) is 13.4. The van der Waals surface area contributed by atoms with Crippen LogP contribution < -0.4 is 5.32 Å². The Bertz CT molecular complexity index is 280. The fourth-order valence-corrected chi connectivity index (χ4v) is 2.98. The molecule has 6 heteroatoms. The van der Waals surface area contributed by atoms with Crippen molar-refractivity contribution in [2.75, 3.05) is 31.1 Å². The number of carbonyl (C=O) groups excluding carboxylic acids is 1. The molecule has 1 heterocycles. The molecule has 5 nitrogen and oxygen atoms in total. The predicted octanol–water partition coefficient (Wildman–Crippen LogP) is 0.795. The summed E-state index contributed by atoms with van der Waals surface area (Å²) in [5.74, 6) is 0.131.